The minimum Gasteiger partial charge on any atom is -0.466 e. The summed E-state index contributed by atoms with van der Waals surface area (Å²) in [6.45, 7) is 3.00. The lowest BCUT2D eigenvalue weighted by Gasteiger charge is -2.22. The predicted molar refractivity (Wildman–Crippen MR) is 157 cm³/mol. The zero-order valence-corrected chi connectivity index (χ0v) is 22.8. The molecule has 4 N–H and O–H groups in total. The van der Waals surface area contributed by atoms with Crippen LogP contribution < -0.4 is 16.0 Å². The van der Waals surface area contributed by atoms with E-state index in [2.05, 4.69) is 5.32 Å². The van der Waals surface area contributed by atoms with Crippen LogP contribution in [-0.4, -0.2) is 40.4 Å². The molecule has 0 bridgehead atoms. The first-order chi connectivity index (χ1) is 18.4. The summed E-state index contributed by atoms with van der Waals surface area (Å²) in [7, 11) is 1.94. The topological polar surface area (TPSA) is 126 Å². The highest BCUT2D eigenvalue weighted by Gasteiger charge is 2.20. The van der Waals surface area contributed by atoms with Crippen molar-refractivity contribution in [3.63, 3.8) is 0 Å². The number of nitrogens with one attached hydrogen (secondary N) is 2. The Kier molecular flexibility index (Phi) is 10.1. The van der Waals surface area contributed by atoms with Gasteiger partial charge in [-0.1, -0.05) is 25.1 Å². The fraction of sp³-hybridized carbons (Fsp3) is 0.241. The number of nitrogens with two attached hydrogens (primary N) is 1. The molecule has 204 valence electrons. The number of rotatable bonds is 11. The van der Waals surface area contributed by atoms with E-state index in [1.165, 1.54) is 0 Å². The van der Waals surface area contributed by atoms with Gasteiger partial charge in [0.15, 0.2) is 0 Å². The standard InChI is InChI=1S/C29H32N6O3.ClH/c1-3-17-38-27(36)15-16-35(23-7-5-4-6-8-23)29(37)21-11-14-25-24(18-21)33-26(34(25)2)19-32-22-12-9-20(10-13-22)28(30)31;/h4-14,18,32H,3,15-17,19H2,1-2H3,(H3,30,31);1H. The summed E-state index contributed by atoms with van der Waals surface area (Å²) in [4.78, 5) is 32.1. The van der Waals surface area contributed by atoms with Crippen LogP contribution in [0.3, 0.4) is 0 Å². The van der Waals surface area contributed by atoms with Gasteiger partial charge in [-0.05, 0) is 61.0 Å². The Morgan fingerprint density at radius 3 is 2.41 bits per heavy atom. The second kappa shape index (κ2) is 13.4. The van der Waals surface area contributed by atoms with Crippen molar-refractivity contribution in [1.29, 1.82) is 5.41 Å². The number of hydrogen-bond acceptors (Lipinski definition) is 6. The minimum atomic E-state index is -0.325. The summed E-state index contributed by atoms with van der Waals surface area (Å²) >= 11 is 0. The van der Waals surface area contributed by atoms with E-state index in [0.717, 1.165) is 23.4 Å². The summed E-state index contributed by atoms with van der Waals surface area (Å²) in [6, 6.07) is 22.1. The van der Waals surface area contributed by atoms with Crippen LogP contribution >= 0.6 is 12.4 Å². The third-order valence-corrected chi connectivity index (χ3v) is 6.19. The molecule has 0 aliphatic carbocycles. The molecular formula is C29H33ClN6O3. The van der Waals surface area contributed by atoms with Crippen molar-refractivity contribution in [2.45, 2.75) is 26.3 Å². The highest BCUT2D eigenvalue weighted by Crippen LogP contribution is 2.22. The van der Waals surface area contributed by atoms with Crippen LogP contribution in [-0.2, 0) is 23.1 Å². The van der Waals surface area contributed by atoms with E-state index in [4.69, 9.17) is 20.9 Å². The van der Waals surface area contributed by atoms with Gasteiger partial charge in [0.25, 0.3) is 5.91 Å². The van der Waals surface area contributed by atoms with Crippen molar-refractivity contribution in [3.8, 4) is 0 Å². The number of halogens is 1. The van der Waals surface area contributed by atoms with E-state index >= 15 is 0 Å². The van der Waals surface area contributed by atoms with E-state index in [-0.39, 0.29) is 43.1 Å². The lowest BCUT2D eigenvalue weighted by molar-refractivity contribution is -0.143. The maximum absolute atomic E-state index is 13.6. The van der Waals surface area contributed by atoms with Crippen LogP contribution in [0.2, 0.25) is 0 Å². The summed E-state index contributed by atoms with van der Waals surface area (Å²) in [5.41, 5.74) is 9.88. The minimum absolute atomic E-state index is 0. The molecule has 0 radical (unpaired) electrons. The van der Waals surface area contributed by atoms with Crippen LogP contribution in [0.25, 0.3) is 11.0 Å². The number of hydrogen-bond donors (Lipinski definition) is 3. The number of aromatic nitrogens is 2. The molecule has 0 saturated heterocycles. The van der Waals surface area contributed by atoms with Crippen molar-refractivity contribution in [3.05, 3.63) is 89.7 Å². The Labute approximate surface area is 233 Å². The third kappa shape index (κ3) is 7.14. The number of para-hydroxylation sites is 1. The largest absolute Gasteiger partial charge is 0.466 e. The maximum Gasteiger partial charge on any atom is 0.307 e. The summed E-state index contributed by atoms with van der Waals surface area (Å²) < 4.78 is 7.18. The molecule has 0 atom stereocenters. The van der Waals surface area contributed by atoms with Crippen molar-refractivity contribution in [2.75, 3.05) is 23.4 Å². The Bertz CT molecular complexity index is 1440. The molecule has 4 rings (SSSR count). The van der Waals surface area contributed by atoms with Gasteiger partial charge >= 0.3 is 5.97 Å². The van der Waals surface area contributed by atoms with Gasteiger partial charge < -0.3 is 25.3 Å². The van der Waals surface area contributed by atoms with Crippen molar-refractivity contribution in [2.24, 2.45) is 12.8 Å². The quantitative estimate of drug-likeness (QED) is 0.139. The Hall–Kier alpha value is -4.37. The second-order valence-corrected chi connectivity index (χ2v) is 8.90. The van der Waals surface area contributed by atoms with Crippen LogP contribution in [0.1, 0.15) is 41.5 Å². The normalized spacial score (nSPS) is 10.5. The SMILES string of the molecule is CCCOC(=O)CCN(C(=O)c1ccc2c(c1)nc(CNc1ccc(C(=N)N)cc1)n2C)c1ccccc1.Cl. The third-order valence-electron chi connectivity index (χ3n) is 6.19. The van der Waals surface area contributed by atoms with Crippen LogP contribution in [0.5, 0.6) is 0 Å². The molecule has 39 heavy (non-hydrogen) atoms. The molecule has 3 aromatic carbocycles. The summed E-state index contributed by atoms with van der Waals surface area (Å²) in [5, 5.41) is 10.9. The van der Waals surface area contributed by atoms with Gasteiger partial charge in [0.1, 0.15) is 11.7 Å². The first kappa shape index (κ1) is 29.2. The van der Waals surface area contributed by atoms with Gasteiger partial charge in [-0.2, -0.15) is 0 Å². The van der Waals surface area contributed by atoms with E-state index in [0.29, 0.717) is 35.5 Å². The van der Waals surface area contributed by atoms with Gasteiger partial charge in [0.05, 0.1) is 30.6 Å². The number of carbonyl (C=O) groups is 2. The number of amidine groups is 1. The highest BCUT2D eigenvalue weighted by molar-refractivity contribution is 6.07. The van der Waals surface area contributed by atoms with Gasteiger partial charge in [0, 0.05) is 36.1 Å². The molecule has 0 spiro atoms. The highest BCUT2D eigenvalue weighted by atomic mass is 35.5. The number of amides is 1. The molecule has 10 heteroatoms. The van der Waals surface area contributed by atoms with Crippen molar-refractivity contribution in [1.82, 2.24) is 9.55 Å². The number of nitrogen functional groups attached to an aromatic ring is 1. The van der Waals surface area contributed by atoms with Crippen LogP contribution in [0.15, 0.2) is 72.8 Å². The molecule has 1 amide bonds. The van der Waals surface area contributed by atoms with Crippen molar-refractivity contribution < 1.29 is 14.3 Å². The van der Waals surface area contributed by atoms with E-state index < -0.39 is 0 Å². The molecular weight excluding hydrogens is 516 g/mol. The molecule has 0 fully saturated rings. The first-order valence-electron chi connectivity index (χ1n) is 12.5. The number of nitrogens with zero attached hydrogens (tertiary/aromatic N) is 3. The molecule has 0 aliphatic rings. The molecule has 9 nitrogen and oxygen atoms in total. The smallest absolute Gasteiger partial charge is 0.307 e. The first-order valence-corrected chi connectivity index (χ1v) is 12.5. The number of fused-ring (bicyclic) bond motifs is 1. The predicted octanol–water partition coefficient (Wildman–Crippen LogP) is 4.88. The zero-order valence-electron chi connectivity index (χ0n) is 22.0. The number of esters is 1. The maximum atomic E-state index is 13.6. The Morgan fingerprint density at radius 1 is 1.05 bits per heavy atom. The van der Waals surface area contributed by atoms with E-state index in [1.54, 1.807) is 29.2 Å². The fourth-order valence-corrected chi connectivity index (χ4v) is 4.09. The summed E-state index contributed by atoms with van der Waals surface area (Å²) in [5.74, 6) is 0.296. The van der Waals surface area contributed by atoms with E-state index in [1.807, 2.05) is 67.1 Å². The van der Waals surface area contributed by atoms with Gasteiger partial charge in [0.2, 0.25) is 0 Å². The molecule has 4 aromatic rings. The molecule has 1 aromatic heterocycles. The number of ether oxygens (including phenoxy) is 1. The second-order valence-electron chi connectivity index (χ2n) is 8.90. The lowest BCUT2D eigenvalue weighted by Crippen LogP contribution is -2.33. The number of aryl methyl sites for hydroxylation is 1. The molecule has 0 saturated carbocycles. The average molecular weight is 549 g/mol. The Balaban J connectivity index is 0.00000420. The van der Waals surface area contributed by atoms with Crippen LogP contribution in [0.4, 0.5) is 11.4 Å². The van der Waals surface area contributed by atoms with Crippen molar-refractivity contribution >= 4 is 52.5 Å². The summed E-state index contributed by atoms with van der Waals surface area (Å²) in [6.07, 6.45) is 0.858. The number of imidazole rings is 1. The lowest BCUT2D eigenvalue weighted by atomic mass is 10.1. The zero-order chi connectivity index (χ0) is 27.1. The molecule has 0 unspecified atom stereocenters. The monoisotopic (exact) mass is 548 g/mol. The van der Waals surface area contributed by atoms with Gasteiger partial charge in [-0.25, -0.2) is 4.98 Å². The van der Waals surface area contributed by atoms with Gasteiger partial charge in [-0.3, -0.25) is 15.0 Å². The Morgan fingerprint density at radius 2 is 1.74 bits per heavy atom. The number of carbonyl (C=O) groups excluding carboxylic acids is 2. The fourth-order valence-electron chi connectivity index (χ4n) is 4.09. The van der Waals surface area contributed by atoms with Gasteiger partial charge in [-0.15, -0.1) is 12.4 Å². The van der Waals surface area contributed by atoms with Crippen LogP contribution in [0, 0.1) is 5.41 Å². The number of anilines is 2. The average Bonchev–Trinajstić information content (AvgIpc) is 3.26. The van der Waals surface area contributed by atoms with E-state index in [9.17, 15) is 9.59 Å². The molecule has 0 aliphatic heterocycles. The number of benzene rings is 3. The molecule has 1 heterocycles.